The van der Waals surface area contributed by atoms with Crippen LogP contribution in [0, 0.1) is 0 Å². The highest BCUT2D eigenvalue weighted by molar-refractivity contribution is 5.24. The van der Waals surface area contributed by atoms with Gasteiger partial charge in [0.05, 0.1) is 7.11 Å². The van der Waals surface area contributed by atoms with Crippen molar-refractivity contribution in [2.75, 3.05) is 26.7 Å². The molecule has 20 heavy (non-hydrogen) atoms. The quantitative estimate of drug-likeness (QED) is 0.777. The summed E-state index contributed by atoms with van der Waals surface area (Å²) < 4.78 is 5.25. The predicted molar refractivity (Wildman–Crippen MR) is 82.0 cm³/mol. The van der Waals surface area contributed by atoms with Crippen LogP contribution < -0.4 is 10.1 Å². The van der Waals surface area contributed by atoms with Crippen molar-refractivity contribution >= 4 is 0 Å². The van der Waals surface area contributed by atoms with E-state index in [0.29, 0.717) is 0 Å². The number of aromatic nitrogens is 1. The number of methoxy groups -OCH3 is 1. The molecule has 4 heteroatoms. The first-order valence-corrected chi connectivity index (χ1v) is 7.74. The fourth-order valence-corrected chi connectivity index (χ4v) is 2.86. The number of piperidine rings is 1. The third kappa shape index (κ3) is 4.46. The highest BCUT2D eigenvalue weighted by Crippen LogP contribution is 2.16. The van der Waals surface area contributed by atoms with Crippen LogP contribution >= 0.6 is 0 Å². The summed E-state index contributed by atoms with van der Waals surface area (Å²) in [6.45, 7) is 6.71. The molecule has 1 atom stereocenters. The lowest BCUT2D eigenvalue weighted by atomic mass is 10.0. The maximum atomic E-state index is 5.25. The van der Waals surface area contributed by atoms with Crippen LogP contribution in [-0.2, 0) is 6.54 Å². The molecule has 0 aromatic carbocycles. The Morgan fingerprint density at radius 2 is 2.35 bits per heavy atom. The van der Waals surface area contributed by atoms with Gasteiger partial charge in [0.1, 0.15) is 0 Å². The zero-order chi connectivity index (χ0) is 14.2. The minimum atomic E-state index is 0.727. The summed E-state index contributed by atoms with van der Waals surface area (Å²) in [7, 11) is 1.67. The van der Waals surface area contributed by atoms with Crippen LogP contribution in [0.5, 0.6) is 5.88 Å². The van der Waals surface area contributed by atoms with Gasteiger partial charge in [-0.05, 0) is 51.9 Å². The third-order valence-electron chi connectivity index (χ3n) is 4.10. The fourth-order valence-electron chi connectivity index (χ4n) is 2.86. The van der Waals surface area contributed by atoms with Crippen LogP contribution in [0.25, 0.3) is 0 Å². The summed E-state index contributed by atoms with van der Waals surface area (Å²) in [5.74, 6) is 0.727. The fraction of sp³-hybridized carbons (Fsp3) is 0.688. The first kappa shape index (κ1) is 15.3. The molecule has 1 aromatic rings. The number of ether oxygens (including phenoxy) is 1. The van der Waals surface area contributed by atoms with Crippen molar-refractivity contribution in [3.05, 3.63) is 23.9 Å². The lowest BCUT2D eigenvalue weighted by molar-refractivity contribution is 0.159. The van der Waals surface area contributed by atoms with E-state index in [1.165, 1.54) is 38.8 Å². The molecule has 0 aliphatic carbocycles. The molecule has 0 saturated carbocycles. The van der Waals surface area contributed by atoms with E-state index in [2.05, 4.69) is 28.2 Å². The molecule has 1 N–H and O–H groups in total. The van der Waals surface area contributed by atoms with Crippen molar-refractivity contribution in [3.63, 3.8) is 0 Å². The van der Waals surface area contributed by atoms with E-state index in [-0.39, 0.29) is 0 Å². The van der Waals surface area contributed by atoms with Gasteiger partial charge in [-0.3, -0.25) is 0 Å². The summed E-state index contributed by atoms with van der Waals surface area (Å²) in [6.07, 6.45) is 7.09. The Kier molecular flexibility index (Phi) is 6.27. The standard InChI is InChI=1S/C16H27N3O/c1-14-7-3-4-11-19(14)12-6-9-17-13-15-8-5-10-18-16(15)20-2/h5,8,10,14,17H,3-4,6-7,9,11-13H2,1-2H3. The normalized spacial score (nSPS) is 20.0. The maximum absolute atomic E-state index is 5.25. The lowest BCUT2D eigenvalue weighted by Gasteiger charge is -2.33. The third-order valence-corrected chi connectivity index (χ3v) is 4.10. The molecule has 112 valence electrons. The summed E-state index contributed by atoms with van der Waals surface area (Å²) in [6, 6.07) is 4.78. The Morgan fingerprint density at radius 1 is 1.45 bits per heavy atom. The maximum Gasteiger partial charge on any atom is 0.217 e. The molecule has 2 rings (SSSR count). The van der Waals surface area contributed by atoms with Gasteiger partial charge in [-0.1, -0.05) is 12.5 Å². The number of nitrogens with zero attached hydrogens (tertiary/aromatic N) is 2. The Bertz CT molecular complexity index is 397. The SMILES string of the molecule is COc1ncccc1CNCCCN1CCCCC1C. The summed E-state index contributed by atoms with van der Waals surface area (Å²) in [5, 5.41) is 3.48. The largest absolute Gasteiger partial charge is 0.481 e. The van der Waals surface area contributed by atoms with Crippen molar-refractivity contribution in [2.24, 2.45) is 0 Å². The van der Waals surface area contributed by atoms with E-state index >= 15 is 0 Å². The second-order valence-corrected chi connectivity index (χ2v) is 5.58. The van der Waals surface area contributed by atoms with E-state index in [4.69, 9.17) is 4.74 Å². The Labute approximate surface area is 122 Å². The molecule has 0 amide bonds. The average molecular weight is 277 g/mol. The van der Waals surface area contributed by atoms with Crippen LogP contribution in [0.1, 0.15) is 38.2 Å². The monoisotopic (exact) mass is 277 g/mol. The number of rotatable bonds is 7. The van der Waals surface area contributed by atoms with Gasteiger partial charge < -0.3 is 15.0 Å². The van der Waals surface area contributed by atoms with E-state index in [1.807, 2.05) is 6.07 Å². The Morgan fingerprint density at radius 3 is 3.15 bits per heavy atom. The minimum absolute atomic E-state index is 0.727. The Hall–Kier alpha value is -1.13. The summed E-state index contributed by atoms with van der Waals surface area (Å²) in [4.78, 5) is 6.83. The summed E-state index contributed by atoms with van der Waals surface area (Å²) >= 11 is 0. The smallest absolute Gasteiger partial charge is 0.217 e. The van der Waals surface area contributed by atoms with Gasteiger partial charge in [-0.25, -0.2) is 4.98 Å². The van der Waals surface area contributed by atoms with Gasteiger partial charge in [0, 0.05) is 24.3 Å². The molecule has 1 unspecified atom stereocenters. The highest BCUT2D eigenvalue weighted by Gasteiger charge is 2.16. The molecule has 1 aliphatic heterocycles. The van der Waals surface area contributed by atoms with Crippen LogP contribution in [0.15, 0.2) is 18.3 Å². The minimum Gasteiger partial charge on any atom is -0.481 e. The van der Waals surface area contributed by atoms with Crippen molar-refractivity contribution in [1.82, 2.24) is 15.2 Å². The Balaban J connectivity index is 1.64. The van der Waals surface area contributed by atoms with E-state index in [1.54, 1.807) is 13.3 Å². The molecule has 1 aliphatic rings. The predicted octanol–water partition coefficient (Wildman–Crippen LogP) is 2.44. The number of hydrogen-bond acceptors (Lipinski definition) is 4. The molecule has 0 bridgehead atoms. The van der Waals surface area contributed by atoms with Crippen LogP contribution in [-0.4, -0.2) is 42.7 Å². The average Bonchev–Trinajstić information content (AvgIpc) is 2.49. The van der Waals surface area contributed by atoms with E-state index in [0.717, 1.165) is 30.6 Å². The van der Waals surface area contributed by atoms with Gasteiger partial charge in [-0.2, -0.15) is 0 Å². The molecule has 1 aromatic heterocycles. The molecule has 0 spiro atoms. The zero-order valence-electron chi connectivity index (χ0n) is 12.8. The van der Waals surface area contributed by atoms with E-state index < -0.39 is 0 Å². The van der Waals surface area contributed by atoms with E-state index in [9.17, 15) is 0 Å². The zero-order valence-corrected chi connectivity index (χ0v) is 12.8. The molecular weight excluding hydrogens is 250 g/mol. The molecule has 0 radical (unpaired) electrons. The second-order valence-electron chi connectivity index (χ2n) is 5.58. The number of likely N-dealkylation sites (tertiary alicyclic amines) is 1. The van der Waals surface area contributed by atoms with Crippen molar-refractivity contribution < 1.29 is 4.74 Å². The topological polar surface area (TPSA) is 37.4 Å². The lowest BCUT2D eigenvalue weighted by Crippen LogP contribution is -2.38. The number of hydrogen-bond donors (Lipinski definition) is 1. The first-order valence-electron chi connectivity index (χ1n) is 7.74. The van der Waals surface area contributed by atoms with Gasteiger partial charge in [0.15, 0.2) is 0 Å². The van der Waals surface area contributed by atoms with Gasteiger partial charge >= 0.3 is 0 Å². The molecular formula is C16H27N3O. The van der Waals surface area contributed by atoms with Crippen LogP contribution in [0.3, 0.4) is 0 Å². The molecule has 1 saturated heterocycles. The molecule has 2 heterocycles. The van der Waals surface area contributed by atoms with Gasteiger partial charge in [0.2, 0.25) is 5.88 Å². The van der Waals surface area contributed by atoms with Crippen molar-refractivity contribution in [2.45, 2.75) is 45.2 Å². The van der Waals surface area contributed by atoms with Gasteiger partial charge in [0.25, 0.3) is 0 Å². The first-order chi connectivity index (χ1) is 9.81. The van der Waals surface area contributed by atoms with Gasteiger partial charge in [-0.15, -0.1) is 0 Å². The molecule has 4 nitrogen and oxygen atoms in total. The molecule has 1 fully saturated rings. The number of pyridine rings is 1. The van der Waals surface area contributed by atoms with Crippen LogP contribution in [0.2, 0.25) is 0 Å². The van der Waals surface area contributed by atoms with Crippen molar-refractivity contribution in [3.8, 4) is 5.88 Å². The summed E-state index contributed by atoms with van der Waals surface area (Å²) in [5.41, 5.74) is 1.13. The second kappa shape index (κ2) is 8.22. The van der Waals surface area contributed by atoms with Crippen LogP contribution in [0.4, 0.5) is 0 Å². The number of nitrogens with one attached hydrogen (secondary N) is 1. The highest BCUT2D eigenvalue weighted by atomic mass is 16.5. The van der Waals surface area contributed by atoms with Crippen molar-refractivity contribution in [1.29, 1.82) is 0 Å².